The van der Waals surface area contributed by atoms with Crippen LogP contribution >= 0.6 is 0 Å². The van der Waals surface area contributed by atoms with Crippen molar-refractivity contribution in [1.29, 1.82) is 0 Å². The molecule has 2 aromatic rings. The fraction of sp³-hybridized carbons (Fsp3) is 0.167. The molecule has 0 saturated carbocycles. The van der Waals surface area contributed by atoms with E-state index in [0.29, 0.717) is 18.2 Å². The van der Waals surface area contributed by atoms with Crippen LogP contribution in [-0.4, -0.2) is 16.6 Å². The van der Waals surface area contributed by atoms with Gasteiger partial charge in [-0.25, -0.2) is 4.98 Å². The van der Waals surface area contributed by atoms with Crippen LogP contribution < -0.4 is 10.5 Å². The van der Waals surface area contributed by atoms with Crippen LogP contribution in [0.4, 0.5) is 5.69 Å². The maximum absolute atomic E-state index is 5.71. The molecule has 0 aliphatic carbocycles. The van der Waals surface area contributed by atoms with Crippen molar-refractivity contribution in [2.75, 3.05) is 12.3 Å². The van der Waals surface area contributed by atoms with Crippen molar-refractivity contribution in [3.8, 4) is 17.1 Å². The molecule has 1 heterocycles. The summed E-state index contributed by atoms with van der Waals surface area (Å²) in [4.78, 5) is 8.41. The highest BCUT2D eigenvalue weighted by Gasteiger charge is 2.02. The lowest BCUT2D eigenvalue weighted by molar-refractivity contribution is 0.325. The molecule has 1 aromatic carbocycles. The highest BCUT2D eigenvalue weighted by Crippen LogP contribution is 2.20. The number of hydrogen-bond donors (Lipinski definition) is 1. The van der Waals surface area contributed by atoms with Crippen molar-refractivity contribution in [2.45, 2.75) is 6.92 Å². The lowest BCUT2D eigenvalue weighted by Gasteiger charge is -2.04. The molecule has 2 N–H and O–H groups in total. The third-order valence-electron chi connectivity index (χ3n) is 2.09. The lowest BCUT2D eigenvalue weighted by Crippen LogP contribution is -1.96. The minimum absolute atomic E-state index is 0.530. The Kier molecular flexibility index (Phi) is 3.00. The molecule has 4 nitrogen and oxygen atoms in total. The summed E-state index contributed by atoms with van der Waals surface area (Å²) in [6, 6.07) is 7.53. The number of anilines is 1. The Balaban J connectivity index is 2.36. The van der Waals surface area contributed by atoms with Crippen LogP contribution in [0.1, 0.15) is 6.92 Å². The molecular formula is C12H13N3O. The third kappa shape index (κ3) is 2.28. The van der Waals surface area contributed by atoms with Crippen LogP contribution in [0.2, 0.25) is 0 Å². The summed E-state index contributed by atoms with van der Waals surface area (Å²) >= 11 is 0. The van der Waals surface area contributed by atoms with E-state index in [1.165, 1.54) is 0 Å². The van der Waals surface area contributed by atoms with Crippen LogP contribution in [0.15, 0.2) is 36.7 Å². The molecule has 0 aliphatic rings. The summed E-state index contributed by atoms with van der Waals surface area (Å²) < 4.78 is 5.29. The Morgan fingerprint density at radius 1 is 1.31 bits per heavy atom. The normalized spacial score (nSPS) is 10.1. The van der Waals surface area contributed by atoms with Gasteiger partial charge in [0, 0.05) is 11.3 Å². The van der Waals surface area contributed by atoms with Gasteiger partial charge in [0.25, 0.3) is 0 Å². The molecule has 0 unspecified atom stereocenters. The maximum atomic E-state index is 5.71. The number of nitrogens with two attached hydrogens (primary N) is 1. The van der Waals surface area contributed by atoms with Gasteiger partial charge in [0.05, 0.1) is 24.7 Å². The second-order valence-corrected chi connectivity index (χ2v) is 3.30. The molecule has 0 saturated heterocycles. The smallest absolute Gasteiger partial charge is 0.232 e. The topological polar surface area (TPSA) is 61.0 Å². The SMILES string of the molecule is CCOc1cncc(-c2cccc(N)c2)n1. The molecule has 2 rings (SSSR count). The largest absolute Gasteiger partial charge is 0.477 e. The zero-order valence-corrected chi connectivity index (χ0v) is 9.05. The van der Waals surface area contributed by atoms with Crippen LogP contribution in [0.3, 0.4) is 0 Å². The molecule has 4 heteroatoms. The summed E-state index contributed by atoms with van der Waals surface area (Å²) in [5.74, 6) is 0.530. The van der Waals surface area contributed by atoms with E-state index in [4.69, 9.17) is 10.5 Å². The van der Waals surface area contributed by atoms with E-state index < -0.39 is 0 Å². The van der Waals surface area contributed by atoms with Crippen molar-refractivity contribution in [3.63, 3.8) is 0 Å². The van der Waals surface area contributed by atoms with E-state index >= 15 is 0 Å². The zero-order valence-electron chi connectivity index (χ0n) is 9.05. The second-order valence-electron chi connectivity index (χ2n) is 3.30. The molecule has 16 heavy (non-hydrogen) atoms. The first kappa shape index (κ1) is 10.4. The number of benzene rings is 1. The predicted molar refractivity (Wildman–Crippen MR) is 63.0 cm³/mol. The van der Waals surface area contributed by atoms with Crippen molar-refractivity contribution in [3.05, 3.63) is 36.7 Å². The van der Waals surface area contributed by atoms with E-state index in [1.54, 1.807) is 12.4 Å². The Hall–Kier alpha value is -2.10. The van der Waals surface area contributed by atoms with Gasteiger partial charge in [-0.2, -0.15) is 0 Å². The van der Waals surface area contributed by atoms with Crippen molar-refractivity contribution in [2.24, 2.45) is 0 Å². The Morgan fingerprint density at radius 2 is 2.19 bits per heavy atom. The molecule has 0 bridgehead atoms. The van der Waals surface area contributed by atoms with Gasteiger partial charge >= 0.3 is 0 Å². The van der Waals surface area contributed by atoms with Crippen molar-refractivity contribution >= 4 is 5.69 Å². The van der Waals surface area contributed by atoms with Gasteiger partial charge in [0.2, 0.25) is 5.88 Å². The molecule has 0 radical (unpaired) electrons. The van der Waals surface area contributed by atoms with Crippen LogP contribution in [0.5, 0.6) is 5.88 Å². The Bertz CT molecular complexity index is 485. The van der Waals surface area contributed by atoms with E-state index in [-0.39, 0.29) is 0 Å². The molecule has 0 aliphatic heterocycles. The highest BCUT2D eigenvalue weighted by atomic mass is 16.5. The average molecular weight is 215 g/mol. The van der Waals surface area contributed by atoms with Gasteiger partial charge in [-0.15, -0.1) is 0 Å². The molecule has 0 fully saturated rings. The minimum atomic E-state index is 0.530. The standard InChI is InChI=1S/C12H13N3O/c1-2-16-12-8-14-7-11(15-12)9-4-3-5-10(13)6-9/h3-8H,2,13H2,1H3. The molecule has 0 spiro atoms. The first-order chi connectivity index (χ1) is 7.79. The quantitative estimate of drug-likeness (QED) is 0.797. The fourth-order valence-electron chi connectivity index (χ4n) is 1.40. The maximum Gasteiger partial charge on any atom is 0.232 e. The summed E-state index contributed by atoms with van der Waals surface area (Å²) in [5, 5.41) is 0. The number of nitrogens with zero attached hydrogens (tertiary/aromatic N) is 2. The Labute approximate surface area is 94.1 Å². The lowest BCUT2D eigenvalue weighted by atomic mass is 10.1. The third-order valence-corrected chi connectivity index (χ3v) is 2.09. The summed E-state index contributed by atoms with van der Waals surface area (Å²) in [6.45, 7) is 2.49. The zero-order chi connectivity index (χ0) is 11.4. The van der Waals surface area contributed by atoms with E-state index in [0.717, 1.165) is 11.3 Å². The Morgan fingerprint density at radius 3 is 2.94 bits per heavy atom. The monoisotopic (exact) mass is 215 g/mol. The number of hydrogen-bond acceptors (Lipinski definition) is 4. The van der Waals surface area contributed by atoms with Crippen LogP contribution in [0, 0.1) is 0 Å². The first-order valence-corrected chi connectivity index (χ1v) is 5.10. The number of nitrogen functional groups attached to an aromatic ring is 1. The predicted octanol–water partition coefficient (Wildman–Crippen LogP) is 2.12. The van der Waals surface area contributed by atoms with E-state index in [9.17, 15) is 0 Å². The molecular weight excluding hydrogens is 202 g/mol. The van der Waals surface area contributed by atoms with Crippen LogP contribution in [0.25, 0.3) is 11.3 Å². The molecule has 0 atom stereocenters. The van der Waals surface area contributed by atoms with Gasteiger partial charge in [-0.1, -0.05) is 12.1 Å². The fourth-order valence-corrected chi connectivity index (χ4v) is 1.40. The molecule has 82 valence electrons. The number of rotatable bonds is 3. The highest BCUT2D eigenvalue weighted by molar-refractivity contribution is 5.63. The molecule has 1 aromatic heterocycles. The van der Waals surface area contributed by atoms with Gasteiger partial charge < -0.3 is 10.5 Å². The van der Waals surface area contributed by atoms with Gasteiger partial charge in [0.15, 0.2) is 0 Å². The molecule has 0 amide bonds. The van der Waals surface area contributed by atoms with Gasteiger partial charge in [-0.3, -0.25) is 4.98 Å². The minimum Gasteiger partial charge on any atom is -0.477 e. The van der Waals surface area contributed by atoms with E-state index in [2.05, 4.69) is 9.97 Å². The number of ether oxygens (including phenoxy) is 1. The number of aromatic nitrogens is 2. The van der Waals surface area contributed by atoms with Gasteiger partial charge in [0.1, 0.15) is 0 Å². The second kappa shape index (κ2) is 4.61. The van der Waals surface area contributed by atoms with E-state index in [1.807, 2.05) is 31.2 Å². The summed E-state index contributed by atoms with van der Waals surface area (Å²) in [7, 11) is 0. The van der Waals surface area contributed by atoms with Gasteiger partial charge in [-0.05, 0) is 19.1 Å². The average Bonchev–Trinajstić information content (AvgIpc) is 2.30. The first-order valence-electron chi connectivity index (χ1n) is 5.10. The summed E-state index contributed by atoms with van der Waals surface area (Å²) in [5.41, 5.74) is 8.12. The van der Waals surface area contributed by atoms with Crippen molar-refractivity contribution in [1.82, 2.24) is 9.97 Å². The summed E-state index contributed by atoms with van der Waals surface area (Å²) in [6.07, 6.45) is 3.29. The van der Waals surface area contributed by atoms with Crippen LogP contribution in [-0.2, 0) is 0 Å². The van der Waals surface area contributed by atoms with Crippen molar-refractivity contribution < 1.29 is 4.74 Å².